The lowest BCUT2D eigenvalue weighted by Gasteiger charge is -2.07. The molecule has 0 rings (SSSR count). The Hall–Kier alpha value is -0.890. The smallest absolute Gasteiger partial charge is 0.309 e. The van der Waals surface area contributed by atoms with Crippen LogP contribution in [0.15, 0.2) is 0 Å². The lowest BCUT2D eigenvalue weighted by Crippen LogP contribution is -2.20. The van der Waals surface area contributed by atoms with Gasteiger partial charge >= 0.3 is 5.97 Å². The Morgan fingerprint density at radius 1 is 1.64 bits per heavy atom. The lowest BCUT2D eigenvalue weighted by atomic mass is 10.2. The minimum Gasteiger partial charge on any atom is -0.469 e. The Kier molecular flexibility index (Phi) is 7.03. The minimum absolute atomic E-state index is 0.318. The number of carbonyl (C=O) groups excluding carboxylic acids is 1. The Morgan fingerprint density at radius 2 is 2.29 bits per heavy atom. The van der Waals surface area contributed by atoms with Gasteiger partial charge in [0.05, 0.1) is 19.1 Å². The van der Waals surface area contributed by atoms with Gasteiger partial charge in [0.15, 0.2) is 0 Å². The summed E-state index contributed by atoms with van der Waals surface area (Å²) in [6, 6.07) is 1.98. The molecule has 0 aliphatic carbocycles. The Morgan fingerprint density at radius 3 is 2.79 bits per heavy atom. The maximum Gasteiger partial charge on any atom is 0.309 e. The van der Waals surface area contributed by atoms with E-state index in [-0.39, 0.29) is 11.9 Å². The summed E-state index contributed by atoms with van der Waals surface area (Å²) in [5, 5.41) is 8.26. The molecule has 0 saturated heterocycles. The standard InChI is InChI=1S/C9H15NO3S/c1-8(9(11)13-2)7-14(12)6-4-3-5-10/h8H,3-4,6-7H2,1-2H3. The van der Waals surface area contributed by atoms with Crippen LogP contribution in [0.2, 0.25) is 0 Å². The Balaban J connectivity index is 3.72. The molecule has 0 heterocycles. The zero-order chi connectivity index (χ0) is 11.0. The summed E-state index contributed by atoms with van der Waals surface area (Å²) >= 11 is 0. The van der Waals surface area contributed by atoms with E-state index in [1.807, 2.05) is 6.07 Å². The number of hydrogen-bond acceptors (Lipinski definition) is 4. The van der Waals surface area contributed by atoms with Crippen LogP contribution in [0.25, 0.3) is 0 Å². The number of nitrogens with zero attached hydrogens (tertiary/aromatic N) is 1. The Labute approximate surface area is 86.7 Å². The van der Waals surface area contributed by atoms with Crippen LogP contribution >= 0.6 is 0 Å². The third-order valence-corrected chi connectivity index (χ3v) is 3.32. The molecule has 2 unspecified atom stereocenters. The van der Waals surface area contributed by atoms with Crippen molar-refractivity contribution >= 4 is 16.8 Å². The van der Waals surface area contributed by atoms with Gasteiger partial charge in [0.2, 0.25) is 0 Å². The number of methoxy groups -OCH3 is 1. The zero-order valence-corrected chi connectivity index (χ0v) is 9.30. The van der Waals surface area contributed by atoms with E-state index in [0.717, 1.165) is 0 Å². The quantitative estimate of drug-likeness (QED) is 0.488. The van der Waals surface area contributed by atoms with Crippen LogP contribution in [0, 0.1) is 17.2 Å². The maximum absolute atomic E-state index is 11.3. The number of ether oxygens (including phenoxy) is 1. The summed E-state index contributed by atoms with van der Waals surface area (Å²) in [7, 11) is 0.291. The number of esters is 1. The highest BCUT2D eigenvalue weighted by Crippen LogP contribution is 2.02. The van der Waals surface area contributed by atoms with Crippen LogP contribution in [-0.2, 0) is 20.3 Å². The van der Waals surface area contributed by atoms with Gasteiger partial charge in [-0.05, 0) is 6.42 Å². The van der Waals surface area contributed by atoms with Gasteiger partial charge in [-0.25, -0.2) is 0 Å². The number of nitriles is 1. The summed E-state index contributed by atoms with van der Waals surface area (Å²) in [5.74, 6) is 0.133. The van der Waals surface area contributed by atoms with E-state index in [1.54, 1.807) is 6.92 Å². The first-order valence-corrected chi connectivity index (χ1v) is 5.90. The van der Waals surface area contributed by atoms with Crippen molar-refractivity contribution in [3.8, 4) is 6.07 Å². The highest BCUT2D eigenvalue weighted by Gasteiger charge is 2.15. The average Bonchev–Trinajstić information content (AvgIpc) is 2.16. The monoisotopic (exact) mass is 217 g/mol. The van der Waals surface area contributed by atoms with Crippen molar-refractivity contribution in [2.24, 2.45) is 5.92 Å². The second kappa shape index (κ2) is 7.51. The molecule has 0 radical (unpaired) electrons. The summed E-state index contributed by atoms with van der Waals surface area (Å²) < 4.78 is 15.9. The molecule has 0 fully saturated rings. The van der Waals surface area contributed by atoms with Crippen LogP contribution in [0.5, 0.6) is 0 Å². The van der Waals surface area contributed by atoms with Crippen LogP contribution in [0.1, 0.15) is 19.8 Å². The molecule has 0 aromatic heterocycles. The molecule has 5 heteroatoms. The summed E-state index contributed by atoms with van der Waals surface area (Å²) in [4.78, 5) is 11.0. The highest BCUT2D eigenvalue weighted by atomic mass is 32.2. The van der Waals surface area contributed by atoms with Gasteiger partial charge in [-0.3, -0.25) is 9.00 Å². The zero-order valence-electron chi connectivity index (χ0n) is 8.49. The number of hydrogen-bond donors (Lipinski definition) is 0. The molecule has 0 aromatic carbocycles. The topological polar surface area (TPSA) is 67.2 Å². The molecule has 4 nitrogen and oxygen atoms in total. The molecular formula is C9H15NO3S. The summed E-state index contributed by atoms with van der Waals surface area (Å²) in [6.45, 7) is 1.69. The largest absolute Gasteiger partial charge is 0.469 e. The molecule has 0 aliphatic rings. The second-order valence-electron chi connectivity index (χ2n) is 3.00. The van der Waals surface area contributed by atoms with Crippen molar-refractivity contribution in [3.63, 3.8) is 0 Å². The van der Waals surface area contributed by atoms with Crippen LogP contribution < -0.4 is 0 Å². The molecule has 0 aromatic rings. The van der Waals surface area contributed by atoms with Crippen molar-refractivity contribution in [1.82, 2.24) is 0 Å². The fraction of sp³-hybridized carbons (Fsp3) is 0.778. The first-order chi connectivity index (χ1) is 6.61. The van der Waals surface area contributed by atoms with E-state index in [2.05, 4.69) is 4.74 Å². The number of unbranched alkanes of at least 4 members (excludes halogenated alkanes) is 1. The van der Waals surface area contributed by atoms with Gasteiger partial charge in [-0.1, -0.05) is 6.92 Å². The molecular weight excluding hydrogens is 202 g/mol. The van der Waals surface area contributed by atoms with E-state index < -0.39 is 10.8 Å². The normalized spacial score (nSPS) is 14.1. The predicted octanol–water partition coefficient (Wildman–Crippen LogP) is 0.848. The lowest BCUT2D eigenvalue weighted by molar-refractivity contribution is -0.144. The molecule has 0 aliphatic heterocycles. The van der Waals surface area contributed by atoms with E-state index in [0.29, 0.717) is 24.3 Å². The third-order valence-electron chi connectivity index (χ3n) is 1.70. The molecule has 80 valence electrons. The van der Waals surface area contributed by atoms with Gasteiger partial charge in [0.1, 0.15) is 0 Å². The van der Waals surface area contributed by atoms with Gasteiger partial charge in [-0.2, -0.15) is 5.26 Å². The van der Waals surface area contributed by atoms with E-state index >= 15 is 0 Å². The van der Waals surface area contributed by atoms with E-state index in [1.165, 1.54) is 7.11 Å². The van der Waals surface area contributed by atoms with Crippen molar-refractivity contribution in [3.05, 3.63) is 0 Å². The first kappa shape index (κ1) is 13.1. The van der Waals surface area contributed by atoms with Gasteiger partial charge in [-0.15, -0.1) is 0 Å². The van der Waals surface area contributed by atoms with Crippen LogP contribution in [0.3, 0.4) is 0 Å². The van der Waals surface area contributed by atoms with Gasteiger partial charge in [0, 0.05) is 28.7 Å². The summed E-state index contributed by atoms with van der Waals surface area (Å²) in [5.41, 5.74) is 0. The van der Waals surface area contributed by atoms with Crippen molar-refractivity contribution in [2.75, 3.05) is 18.6 Å². The third kappa shape index (κ3) is 5.70. The van der Waals surface area contributed by atoms with E-state index in [9.17, 15) is 9.00 Å². The SMILES string of the molecule is COC(=O)C(C)CS(=O)CCCC#N. The Bertz CT molecular complexity index is 247. The molecule has 14 heavy (non-hydrogen) atoms. The molecule has 0 spiro atoms. The van der Waals surface area contributed by atoms with Crippen LogP contribution in [0.4, 0.5) is 0 Å². The molecule has 0 amide bonds. The fourth-order valence-electron chi connectivity index (χ4n) is 0.944. The molecule has 2 atom stereocenters. The first-order valence-electron chi connectivity index (χ1n) is 4.41. The predicted molar refractivity (Wildman–Crippen MR) is 53.9 cm³/mol. The molecule has 0 saturated carbocycles. The highest BCUT2D eigenvalue weighted by molar-refractivity contribution is 7.85. The van der Waals surface area contributed by atoms with E-state index in [4.69, 9.17) is 5.26 Å². The van der Waals surface area contributed by atoms with Crippen molar-refractivity contribution < 1.29 is 13.7 Å². The van der Waals surface area contributed by atoms with Crippen molar-refractivity contribution in [2.45, 2.75) is 19.8 Å². The second-order valence-corrected chi connectivity index (χ2v) is 4.62. The number of rotatable bonds is 6. The molecule has 0 bridgehead atoms. The van der Waals surface area contributed by atoms with Gasteiger partial charge in [0.25, 0.3) is 0 Å². The van der Waals surface area contributed by atoms with Crippen molar-refractivity contribution in [1.29, 1.82) is 5.26 Å². The summed E-state index contributed by atoms with van der Waals surface area (Å²) in [6.07, 6.45) is 1.04. The van der Waals surface area contributed by atoms with Gasteiger partial charge < -0.3 is 4.74 Å². The molecule has 0 N–H and O–H groups in total. The van der Waals surface area contributed by atoms with Crippen LogP contribution in [-0.4, -0.2) is 28.8 Å². The maximum atomic E-state index is 11.3. The minimum atomic E-state index is -1.03. The fourth-order valence-corrected chi connectivity index (χ4v) is 2.27. The number of carbonyl (C=O) groups is 1. The average molecular weight is 217 g/mol.